The van der Waals surface area contributed by atoms with Gasteiger partial charge in [-0.05, 0) is 0 Å². The summed E-state index contributed by atoms with van der Waals surface area (Å²) in [6.45, 7) is 0. The Bertz CT molecular complexity index is 551. The molecule has 0 heterocycles. The first-order chi connectivity index (χ1) is 10.0. The van der Waals surface area contributed by atoms with Crippen LogP contribution in [0.1, 0.15) is 5.71 Å². The van der Waals surface area contributed by atoms with Crippen LogP contribution in [0.2, 0.25) is 0 Å². The van der Waals surface area contributed by atoms with Crippen molar-refractivity contribution in [1.29, 1.82) is 0 Å². The van der Waals surface area contributed by atoms with E-state index in [-0.39, 0.29) is 234 Å². The summed E-state index contributed by atoms with van der Waals surface area (Å²) in [5, 5.41) is 0. The van der Waals surface area contributed by atoms with Crippen molar-refractivity contribution in [3.8, 4) is 0 Å². The van der Waals surface area contributed by atoms with Crippen LogP contribution in [-0.2, 0) is 140 Å². The normalized spacial score (nSPS) is 6.97. The second-order valence-corrected chi connectivity index (χ2v) is 6.68. The van der Waals surface area contributed by atoms with Crippen molar-refractivity contribution in [2.24, 2.45) is 0 Å². The molecule has 0 aromatic rings. The first kappa shape index (κ1) is 113. The molecular formula is H16Cl4CoCu2Mn2MoNa4O18S3. The van der Waals surface area contributed by atoms with E-state index in [9.17, 15) is 0 Å². The Morgan fingerprint density at radius 1 is 0.514 bits per heavy atom. The van der Waals surface area contributed by atoms with Gasteiger partial charge in [-0.15, -0.1) is 24.8 Å². The van der Waals surface area contributed by atoms with Gasteiger partial charge in [0, 0.05) is 85.1 Å². The molecule has 0 atom stereocenters. The molecule has 0 saturated heterocycles. The van der Waals surface area contributed by atoms with E-state index in [0.717, 1.165) is 0 Å². The number of rotatable bonds is 0. The van der Waals surface area contributed by atoms with Gasteiger partial charge in [0.15, 0.2) is 0 Å². The summed E-state index contributed by atoms with van der Waals surface area (Å²) in [7, 11) is -14.0. The van der Waals surface area contributed by atoms with Crippen LogP contribution >= 0.6 is 48.5 Å². The molecule has 0 spiro atoms. The fourth-order valence-corrected chi connectivity index (χ4v) is 0. The summed E-state index contributed by atoms with van der Waals surface area (Å²) in [6, 6.07) is 0. The molecule has 0 bridgehead atoms. The number of hydrogen-bond acceptors (Lipinski definition) is 10. The van der Waals surface area contributed by atoms with E-state index >= 15 is 0 Å². The molecule has 0 aromatic carbocycles. The standard InChI is InChI=1S/2ClHO.2ClH.Co.2Cu.2Mn.Mo.4Na.3H2O4S.2H2O.2O.4H/c2*1-2;;;;;;;;;;;;;3*1-5(2,3)4;;;;;;;;/h2*2H;2*1H;;;;;;;;;;;3*(H2,1,2,3,4);2*1H2;;;;;;/q;;;;;;;;;+2;4*+1;;;;;;;;4*-1/p-2. The molecule has 35 heteroatoms. The van der Waals surface area contributed by atoms with Crippen molar-refractivity contribution in [1.82, 2.24) is 0 Å². The van der Waals surface area contributed by atoms with Gasteiger partial charge in [-0.2, -0.15) is 25.3 Å². The zero-order valence-corrected chi connectivity index (χ0v) is 37.5. The van der Waals surface area contributed by atoms with Crippen molar-refractivity contribution >= 4 is 79.7 Å². The van der Waals surface area contributed by atoms with Crippen LogP contribution in [0, 0.1) is 0 Å². The van der Waals surface area contributed by atoms with Crippen LogP contribution in [-0.4, -0.2) is 69.4 Å². The van der Waals surface area contributed by atoms with E-state index in [2.05, 4.69) is 23.7 Å². The molecule has 0 rings (SSSR count). The summed E-state index contributed by atoms with van der Waals surface area (Å²) < 4.78 is 140. The fraction of sp³-hybridized carbons (Fsp3) is 0. The molecule has 5 radical (unpaired) electrons. The zero-order chi connectivity index (χ0) is 22.0. The number of hydrogen-bond donors (Lipinski definition) is 10. The summed E-state index contributed by atoms with van der Waals surface area (Å²) >= 11 is 1.76. The van der Waals surface area contributed by atoms with Gasteiger partial charge in [0.05, 0.1) is 23.7 Å². The van der Waals surface area contributed by atoms with E-state index in [4.69, 9.17) is 76.2 Å². The molecular weight excluding hydrogens is 1010 g/mol. The zero-order valence-electron chi connectivity index (χ0n) is 20.6. The minimum atomic E-state index is -5.52. The molecule has 0 aromatic heterocycles. The van der Waals surface area contributed by atoms with E-state index < -0.39 is 47.9 Å². The maximum atomic E-state index is 8.85. The molecule has 225 valence electrons. The van der Waals surface area contributed by atoms with Crippen molar-refractivity contribution in [2.75, 3.05) is 0 Å². The van der Waals surface area contributed by atoms with Crippen molar-refractivity contribution < 1.29 is 302 Å². The first-order valence-electron chi connectivity index (χ1n) is 3.13. The summed E-state index contributed by atoms with van der Waals surface area (Å²) in [6.07, 6.45) is 0. The van der Waals surface area contributed by atoms with E-state index in [0.29, 0.717) is 0 Å². The monoisotopic (exact) mass is 1020 g/mol. The Kier molecular flexibility index (Phi) is 221. The average molecular weight is 1030 g/mol. The van der Waals surface area contributed by atoms with Gasteiger partial charge in [0.25, 0.3) is 0 Å². The predicted octanol–water partition coefficient (Wildman–Crippen LogP) is -13.8. The summed E-state index contributed by atoms with van der Waals surface area (Å²) in [5.74, 6) is 0. The first-order valence-corrected chi connectivity index (χ1v) is 11.4. The molecule has 18 nitrogen and oxygen atoms in total. The molecule has 0 aliphatic carbocycles. The van der Waals surface area contributed by atoms with Crippen molar-refractivity contribution in [2.45, 2.75) is 0 Å². The Labute approximate surface area is 374 Å². The Morgan fingerprint density at radius 2 is 0.514 bits per heavy atom. The van der Waals surface area contributed by atoms with Crippen LogP contribution in [0.25, 0.3) is 0 Å². The molecule has 0 aliphatic heterocycles. The van der Waals surface area contributed by atoms with Crippen LogP contribution < -0.4 is 118 Å². The third-order valence-corrected chi connectivity index (χ3v) is 0. The van der Waals surface area contributed by atoms with Gasteiger partial charge in [-0.1, -0.05) is 0 Å². The second-order valence-electron chi connectivity index (χ2n) is 1.79. The number of halogens is 4. The van der Waals surface area contributed by atoms with Gasteiger partial charge in [0.1, 0.15) is 0 Å². The molecule has 35 heavy (non-hydrogen) atoms. The van der Waals surface area contributed by atoms with Crippen LogP contribution in [0.15, 0.2) is 0 Å². The summed E-state index contributed by atoms with van der Waals surface area (Å²) in [5.41, 5.74) is 0. The van der Waals surface area contributed by atoms with Crippen molar-refractivity contribution in [3.05, 3.63) is 0 Å². The van der Waals surface area contributed by atoms with Crippen LogP contribution in [0.4, 0.5) is 0 Å². The van der Waals surface area contributed by atoms with Gasteiger partial charge in [-0.25, -0.2) is 0 Å². The third kappa shape index (κ3) is 1150. The van der Waals surface area contributed by atoms with Crippen LogP contribution in [0.5, 0.6) is 0 Å². The van der Waals surface area contributed by atoms with Gasteiger partial charge >= 0.3 is 180 Å². The van der Waals surface area contributed by atoms with Crippen molar-refractivity contribution in [3.63, 3.8) is 0 Å². The molecule has 0 fully saturated rings. The average Bonchev–Trinajstić information content (AvgIpc) is 2.12. The molecule has 0 unspecified atom stereocenters. The van der Waals surface area contributed by atoms with Gasteiger partial charge in [-0.3, -0.25) is 36.6 Å². The van der Waals surface area contributed by atoms with Gasteiger partial charge < -0.3 is 5.71 Å². The van der Waals surface area contributed by atoms with Gasteiger partial charge in [0.2, 0.25) is 0 Å². The van der Waals surface area contributed by atoms with E-state index in [1.54, 1.807) is 0 Å². The second kappa shape index (κ2) is 68.6. The summed E-state index contributed by atoms with van der Waals surface area (Å²) in [4.78, 5) is 0. The topological polar surface area (TPSA) is 339 Å². The maximum absolute atomic E-state index is 8.85. The Hall–Kier alpha value is 7.48. The third-order valence-electron chi connectivity index (χ3n) is 0. The SMILES string of the molecule is Cl.Cl.O=S(=O)(O)O.O=S(=O)(O)O.O=S(=O)(O)O.OCl.OCl.[Co].[Cu].[Cu].[H-].[H-].[H-].[H-].[Mn].[Mn].[Na+].[Na+].[Na+].[Na+].[O]=[Mo](=[O])([OH])[OH]. The quantitative estimate of drug-likeness (QED) is 0.0796. The molecule has 0 amide bonds. The Morgan fingerprint density at radius 3 is 0.514 bits per heavy atom. The molecule has 0 saturated carbocycles. The molecule has 0 aliphatic rings. The fourth-order valence-electron chi connectivity index (χ4n) is 0. The van der Waals surface area contributed by atoms with E-state index in [1.165, 1.54) is 0 Å². The van der Waals surface area contributed by atoms with E-state index in [1.807, 2.05) is 0 Å². The predicted molar refractivity (Wildman–Crippen MR) is 83.4 cm³/mol. The minimum absolute atomic E-state index is 0. The molecule has 10 N–H and O–H groups in total. The van der Waals surface area contributed by atoms with Crippen LogP contribution in [0.3, 0.4) is 0 Å². The Balaban J connectivity index is -0.00000000497.